The summed E-state index contributed by atoms with van der Waals surface area (Å²) in [5.74, 6) is 0.337. The lowest BCUT2D eigenvalue weighted by Gasteiger charge is -2.13. The van der Waals surface area contributed by atoms with Crippen molar-refractivity contribution in [2.45, 2.75) is 20.0 Å². The molecule has 0 bridgehead atoms. The van der Waals surface area contributed by atoms with E-state index in [9.17, 15) is 9.59 Å². The largest absolute Gasteiger partial charge is 0.493 e. The number of rotatable bonds is 7. The smallest absolute Gasteiger partial charge is 0.338 e. The van der Waals surface area contributed by atoms with Crippen molar-refractivity contribution < 1.29 is 19.0 Å². The first-order valence-electron chi connectivity index (χ1n) is 8.69. The van der Waals surface area contributed by atoms with E-state index in [-0.39, 0.29) is 28.6 Å². The van der Waals surface area contributed by atoms with Gasteiger partial charge in [0.25, 0.3) is 5.56 Å². The van der Waals surface area contributed by atoms with Crippen LogP contribution in [0.15, 0.2) is 41.2 Å². The molecule has 2 aromatic carbocycles. The fraction of sp³-hybridized carbons (Fsp3) is 0.250. The van der Waals surface area contributed by atoms with Crippen molar-refractivity contribution in [3.63, 3.8) is 0 Å². The van der Waals surface area contributed by atoms with Crippen molar-refractivity contribution in [3.05, 3.63) is 63.2 Å². The van der Waals surface area contributed by atoms with E-state index in [4.69, 9.17) is 25.8 Å². The molecule has 3 aromatic rings. The lowest BCUT2D eigenvalue weighted by atomic mass is 10.2. The molecule has 0 fully saturated rings. The Hall–Kier alpha value is -3.06. The van der Waals surface area contributed by atoms with Crippen molar-refractivity contribution in [2.24, 2.45) is 0 Å². The second-order valence-corrected chi connectivity index (χ2v) is 6.35. The van der Waals surface area contributed by atoms with Crippen LogP contribution in [0.1, 0.15) is 29.5 Å². The van der Waals surface area contributed by atoms with Crippen molar-refractivity contribution in [1.82, 2.24) is 9.97 Å². The van der Waals surface area contributed by atoms with Gasteiger partial charge in [-0.1, -0.05) is 30.7 Å². The Bertz CT molecular complexity index is 1060. The summed E-state index contributed by atoms with van der Waals surface area (Å²) in [5, 5.41) is 0.716. The highest BCUT2D eigenvalue weighted by atomic mass is 35.5. The molecule has 1 aromatic heterocycles. The van der Waals surface area contributed by atoms with E-state index in [2.05, 4.69) is 9.97 Å². The van der Waals surface area contributed by atoms with E-state index in [0.717, 1.165) is 6.42 Å². The van der Waals surface area contributed by atoms with E-state index in [1.54, 1.807) is 24.3 Å². The van der Waals surface area contributed by atoms with E-state index in [1.807, 2.05) is 6.92 Å². The molecule has 0 amide bonds. The molecule has 0 unspecified atom stereocenters. The summed E-state index contributed by atoms with van der Waals surface area (Å²) in [6, 6.07) is 9.87. The maximum atomic E-state index is 12.4. The minimum absolute atomic E-state index is 0.188. The molecule has 7 nitrogen and oxygen atoms in total. The Kier molecular flexibility index (Phi) is 6.16. The first-order valence-corrected chi connectivity index (χ1v) is 9.06. The summed E-state index contributed by atoms with van der Waals surface area (Å²) in [6.07, 6.45) is 0.806. The molecular formula is C20H19ClN2O5. The van der Waals surface area contributed by atoms with Crippen molar-refractivity contribution in [2.75, 3.05) is 13.7 Å². The number of nitrogens with one attached hydrogen (secondary N) is 1. The van der Waals surface area contributed by atoms with Gasteiger partial charge in [0.15, 0.2) is 11.5 Å². The Morgan fingerprint density at radius 3 is 2.79 bits per heavy atom. The maximum absolute atomic E-state index is 12.4. The number of carbonyl (C=O) groups excluding carboxylic acids is 1. The van der Waals surface area contributed by atoms with Crippen LogP contribution in [0.2, 0.25) is 5.02 Å². The predicted molar refractivity (Wildman–Crippen MR) is 105 cm³/mol. The fourth-order valence-electron chi connectivity index (χ4n) is 2.60. The molecule has 3 rings (SSSR count). The summed E-state index contributed by atoms with van der Waals surface area (Å²) in [5.41, 5.74) is 0.437. The second-order valence-electron chi connectivity index (χ2n) is 5.94. The number of H-pyrrole nitrogens is 1. The van der Waals surface area contributed by atoms with Crippen molar-refractivity contribution in [1.29, 1.82) is 0 Å². The highest BCUT2D eigenvalue weighted by Crippen LogP contribution is 2.36. The zero-order valence-corrected chi connectivity index (χ0v) is 16.2. The second kappa shape index (κ2) is 8.75. The Labute approximate surface area is 166 Å². The van der Waals surface area contributed by atoms with Gasteiger partial charge in [0.2, 0.25) is 0 Å². The third-order valence-electron chi connectivity index (χ3n) is 3.92. The van der Waals surface area contributed by atoms with Crippen LogP contribution < -0.4 is 15.0 Å². The molecule has 146 valence electrons. The Morgan fingerprint density at radius 2 is 2.04 bits per heavy atom. The van der Waals surface area contributed by atoms with Crippen LogP contribution in [0.4, 0.5) is 0 Å². The van der Waals surface area contributed by atoms with Gasteiger partial charge in [0.05, 0.1) is 35.2 Å². The lowest BCUT2D eigenvalue weighted by molar-refractivity contribution is 0.0462. The molecule has 1 N–H and O–H groups in total. The number of aromatic amines is 1. The normalized spacial score (nSPS) is 10.7. The van der Waals surface area contributed by atoms with Crippen LogP contribution in [0.5, 0.6) is 11.5 Å². The number of ether oxygens (including phenoxy) is 3. The van der Waals surface area contributed by atoms with E-state index in [0.29, 0.717) is 29.0 Å². The monoisotopic (exact) mass is 402 g/mol. The van der Waals surface area contributed by atoms with Gasteiger partial charge in [0, 0.05) is 0 Å². The SMILES string of the molecule is CCCOc1c(Cl)cc(C(=O)OCc2nc3ccccc3c(=O)[nH]2)cc1OC. The Morgan fingerprint density at radius 1 is 1.25 bits per heavy atom. The van der Waals surface area contributed by atoms with E-state index < -0.39 is 5.97 Å². The highest BCUT2D eigenvalue weighted by Gasteiger charge is 2.17. The molecule has 0 aliphatic carbocycles. The van der Waals surface area contributed by atoms with Gasteiger partial charge >= 0.3 is 5.97 Å². The van der Waals surface area contributed by atoms with Crippen LogP contribution >= 0.6 is 11.6 Å². The third kappa shape index (κ3) is 4.26. The molecule has 0 aliphatic rings. The number of fused-ring (bicyclic) bond motifs is 1. The molecule has 28 heavy (non-hydrogen) atoms. The number of nitrogens with zero attached hydrogens (tertiary/aromatic N) is 1. The number of halogens is 1. The molecule has 8 heteroatoms. The molecule has 0 atom stereocenters. The molecule has 0 saturated heterocycles. The van der Waals surface area contributed by atoms with Gasteiger partial charge < -0.3 is 19.2 Å². The van der Waals surface area contributed by atoms with Crippen LogP contribution in [0.25, 0.3) is 10.9 Å². The highest BCUT2D eigenvalue weighted by molar-refractivity contribution is 6.32. The first-order chi connectivity index (χ1) is 13.5. The minimum Gasteiger partial charge on any atom is -0.493 e. The number of methoxy groups -OCH3 is 1. The standard InChI is InChI=1S/C20H19ClN2O5/c1-3-8-27-18-14(21)9-12(10-16(18)26-2)20(25)28-11-17-22-15-7-5-4-6-13(15)19(24)23-17/h4-7,9-10H,3,8,11H2,1-2H3,(H,22,23,24). The summed E-state index contributed by atoms with van der Waals surface area (Å²) < 4.78 is 16.1. The minimum atomic E-state index is -0.627. The molecule has 1 heterocycles. The predicted octanol–water partition coefficient (Wildman–Crippen LogP) is 3.73. The lowest BCUT2D eigenvalue weighted by Crippen LogP contribution is -2.14. The number of esters is 1. The summed E-state index contributed by atoms with van der Waals surface area (Å²) in [6.45, 7) is 2.26. The topological polar surface area (TPSA) is 90.5 Å². The van der Waals surface area contributed by atoms with Crippen molar-refractivity contribution >= 4 is 28.5 Å². The molecule has 0 radical (unpaired) electrons. The molecule has 0 saturated carbocycles. The number of aromatic nitrogens is 2. The number of carbonyl (C=O) groups is 1. The number of para-hydroxylation sites is 1. The van der Waals surface area contributed by atoms with Gasteiger partial charge in [-0.25, -0.2) is 9.78 Å². The maximum Gasteiger partial charge on any atom is 0.338 e. The van der Waals surface area contributed by atoms with Gasteiger partial charge in [-0.2, -0.15) is 0 Å². The first kappa shape index (κ1) is 19.7. The molecular weight excluding hydrogens is 384 g/mol. The van der Waals surface area contributed by atoms with Crippen LogP contribution in [0.3, 0.4) is 0 Å². The van der Waals surface area contributed by atoms with Gasteiger partial charge in [-0.3, -0.25) is 4.79 Å². The third-order valence-corrected chi connectivity index (χ3v) is 4.20. The average molecular weight is 403 g/mol. The molecule has 0 spiro atoms. The average Bonchev–Trinajstić information content (AvgIpc) is 2.70. The number of hydrogen-bond acceptors (Lipinski definition) is 6. The van der Waals surface area contributed by atoms with Gasteiger partial charge in [0.1, 0.15) is 12.4 Å². The van der Waals surface area contributed by atoms with E-state index in [1.165, 1.54) is 19.2 Å². The fourth-order valence-corrected chi connectivity index (χ4v) is 2.87. The number of benzene rings is 2. The van der Waals surface area contributed by atoms with Gasteiger partial charge in [-0.15, -0.1) is 0 Å². The quantitative estimate of drug-likeness (QED) is 0.605. The zero-order valence-electron chi connectivity index (χ0n) is 15.5. The summed E-state index contributed by atoms with van der Waals surface area (Å²) in [7, 11) is 1.46. The summed E-state index contributed by atoms with van der Waals surface area (Å²) in [4.78, 5) is 31.4. The molecule has 0 aliphatic heterocycles. The van der Waals surface area contributed by atoms with Crippen molar-refractivity contribution in [3.8, 4) is 11.5 Å². The van der Waals surface area contributed by atoms with Crippen LogP contribution in [0, 0.1) is 0 Å². The zero-order chi connectivity index (χ0) is 20.1. The van der Waals surface area contributed by atoms with Gasteiger partial charge in [-0.05, 0) is 30.7 Å². The Balaban J connectivity index is 1.78. The van der Waals surface area contributed by atoms with Crippen LogP contribution in [-0.2, 0) is 11.3 Å². The summed E-state index contributed by atoms with van der Waals surface area (Å²) >= 11 is 6.22. The van der Waals surface area contributed by atoms with Crippen LogP contribution in [-0.4, -0.2) is 29.7 Å². The number of hydrogen-bond donors (Lipinski definition) is 1. The van der Waals surface area contributed by atoms with E-state index >= 15 is 0 Å².